The van der Waals surface area contributed by atoms with E-state index in [9.17, 15) is 13.9 Å². The van der Waals surface area contributed by atoms with Gasteiger partial charge in [-0.15, -0.1) is 0 Å². The van der Waals surface area contributed by atoms with Crippen LogP contribution >= 0.6 is 10.6 Å². The average molecular weight is 537 g/mol. The van der Waals surface area contributed by atoms with Gasteiger partial charge in [-0.25, -0.2) is 14.8 Å². The van der Waals surface area contributed by atoms with Crippen LogP contribution in [0.5, 0.6) is 0 Å². The first kappa shape index (κ1) is 25.1. The Morgan fingerprint density at radius 2 is 1.84 bits per heavy atom. The molecule has 2 aliphatic carbocycles. The maximum atomic E-state index is 12.1. The molecule has 10 nitrogen and oxygen atoms in total. The van der Waals surface area contributed by atoms with Gasteiger partial charge < -0.3 is 20.3 Å². The van der Waals surface area contributed by atoms with Crippen LogP contribution in [0.25, 0.3) is 11.4 Å². The number of nitrogens with one attached hydrogen (secondary N) is 2. The molecule has 200 valence electrons. The largest absolute Gasteiger partial charge is 0.377 e. The molecule has 3 fully saturated rings. The highest BCUT2D eigenvalue weighted by atomic mass is 32.3. The molecule has 3 aromatic rings. The minimum atomic E-state index is -3.19. The summed E-state index contributed by atoms with van der Waals surface area (Å²) in [7, 11) is -3.19. The number of aromatic nitrogens is 3. The second kappa shape index (κ2) is 9.81. The van der Waals surface area contributed by atoms with Crippen LogP contribution in [0.3, 0.4) is 0 Å². The number of nitrogens with zero attached hydrogens (tertiary/aromatic N) is 4. The number of amides is 2. The van der Waals surface area contributed by atoms with Crippen molar-refractivity contribution in [3.63, 3.8) is 0 Å². The Labute approximate surface area is 223 Å². The first-order chi connectivity index (χ1) is 18.4. The van der Waals surface area contributed by atoms with E-state index in [4.69, 9.17) is 14.7 Å². The van der Waals surface area contributed by atoms with Crippen LogP contribution in [-0.2, 0) is 9.48 Å². The summed E-state index contributed by atoms with van der Waals surface area (Å²) in [6.07, 6.45) is 6.43. The molecule has 0 radical (unpaired) electrons. The number of rotatable bonds is 7. The third-order valence-corrected chi connectivity index (χ3v) is 10.0. The van der Waals surface area contributed by atoms with Gasteiger partial charge in [0.2, 0.25) is 0 Å². The highest BCUT2D eigenvalue weighted by Gasteiger charge is 2.57. The first-order valence-corrected chi connectivity index (χ1v) is 14.5. The van der Waals surface area contributed by atoms with Crippen LogP contribution < -0.4 is 15.5 Å². The third-order valence-electron chi connectivity index (χ3n) is 7.38. The van der Waals surface area contributed by atoms with Crippen LogP contribution in [0.4, 0.5) is 16.3 Å². The van der Waals surface area contributed by atoms with E-state index in [2.05, 4.69) is 27.4 Å². The highest BCUT2D eigenvalue weighted by molar-refractivity contribution is 8.25. The lowest BCUT2D eigenvalue weighted by Gasteiger charge is -2.41. The summed E-state index contributed by atoms with van der Waals surface area (Å²) in [6.45, 7) is 3.96. The van der Waals surface area contributed by atoms with Gasteiger partial charge in [0.25, 0.3) is 0 Å². The van der Waals surface area contributed by atoms with Crippen LogP contribution in [0, 0.1) is 0 Å². The smallest absolute Gasteiger partial charge is 0.319 e. The van der Waals surface area contributed by atoms with Crippen LogP contribution in [0.15, 0.2) is 59.8 Å². The molecule has 1 aliphatic heterocycles. The van der Waals surface area contributed by atoms with E-state index in [1.165, 1.54) is 0 Å². The molecule has 3 heterocycles. The van der Waals surface area contributed by atoms with Gasteiger partial charge in [-0.1, -0.05) is 0 Å². The Balaban J connectivity index is 1.36. The van der Waals surface area contributed by atoms with Gasteiger partial charge in [0.15, 0.2) is 5.82 Å². The van der Waals surface area contributed by atoms with Crippen molar-refractivity contribution in [3.05, 3.63) is 60.6 Å². The Morgan fingerprint density at radius 3 is 2.50 bits per heavy atom. The molecule has 38 heavy (non-hydrogen) atoms. The highest BCUT2D eigenvalue weighted by Crippen LogP contribution is 2.75. The number of morpholine rings is 1. The molecule has 0 bridgehead atoms. The van der Waals surface area contributed by atoms with Gasteiger partial charge in [-0.05, 0) is 69.0 Å². The zero-order valence-electron chi connectivity index (χ0n) is 21.2. The van der Waals surface area contributed by atoms with E-state index in [-0.39, 0.29) is 18.1 Å². The molecule has 3 aliphatic rings. The van der Waals surface area contributed by atoms with Crippen LogP contribution in [0.1, 0.15) is 38.3 Å². The Morgan fingerprint density at radius 1 is 1.11 bits per heavy atom. The molecular formula is C27H32N6O4S. The SMILES string of the molecule is C[C@H]1COCCN1c1cc(C2(S(O)(O)c3ccncc3)CC2)nc(-c2ccc(NC(=O)NC3CC3)cc2)n1. The second-order valence-electron chi connectivity index (χ2n) is 10.2. The molecule has 0 unspecified atom stereocenters. The normalized spacial score (nSPS) is 21.0. The lowest BCUT2D eigenvalue weighted by atomic mass is 10.1. The quantitative estimate of drug-likeness (QED) is 0.337. The molecule has 1 atom stereocenters. The predicted octanol–water partition coefficient (Wildman–Crippen LogP) is 4.85. The topological polar surface area (TPSA) is 133 Å². The van der Waals surface area contributed by atoms with E-state index in [0.29, 0.717) is 54.7 Å². The fraction of sp³-hybridized carbons (Fsp3) is 0.407. The molecule has 0 spiro atoms. The minimum absolute atomic E-state index is 0.117. The zero-order chi connectivity index (χ0) is 26.3. The first-order valence-electron chi connectivity index (χ1n) is 13.0. The monoisotopic (exact) mass is 536 g/mol. The lowest BCUT2D eigenvalue weighted by molar-refractivity contribution is 0.0985. The molecule has 1 saturated heterocycles. The number of pyridine rings is 1. The second-order valence-corrected chi connectivity index (χ2v) is 12.6. The summed E-state index contributed by atoms with van der Waals surface area (Å²) in [6, 6.07) is 12.8. The summed E-state index contributed by atoms with van der Waals surface area (Å²) in [5.41, 5.74) is 2.08. The molecule has 4 N–H and O–H groups in total. The Kier molecular flexibility index (Phi) is 6.47. The Hall–Kier alpha value is -3.25. The maximum absolute atomic E-state index is 12.1. The van der Waals surface area contributed by atoms with Crippen molar-refractivity contribution in [2.24, 2.45) is 0 Å². The van der Waals surface area contributed by atoms with E-state index < -0.39 is 15.3 Å². The van der Waals surface area contributed by atoms with Gasteiger partial charge >= 0.3 is 6.03 Å². The molecule has 2 saturated carbocycles. The van der Waals surface area contributed by atoms with Crippen molar-refractivity contribution in [3.8, 4) is 11.4 Å². The van der Waals surface area contributed by atoms with Crippen molar-refractivity contribution in [2.45, 2.75) is 54.3 Å². The van der Waals surface area contributed by atoms with Crippen molar-refractivity contribution in [1.29, 1.82) is 0 Å². The molecule has 2 amide bonds. The lowest BCUT2D eigenvalue weighted by Crippen LogP contribution is -2.44. The summed E-state index contributed by atoms with van der Waals surface area (Å²) in [5.74, 6) is 1.24. The predicted molar refractivity (Wildman–Crippen MR) is 147 cm³/mol. The number of carbonyl (C=O) groups is 1. The minimum Gasteiger partial charge on any atom is -0.377 e. The summed E-state index contributed by atoms with van der Waals surface area (Å²) in [4.78, 5) is 28.6. The number of hydrogen-bond donors (Lipinski definition) is 4. The van der Waals surface area contributed by atoms with Crippen molar-refractivity contribution < 1.29 is 18.6 Å². The molecule has 6 rings (SSSR count). The van der Waals surface area contributed by atoms with Gasteiger partial charge in [-0.3, -0.25) is 14.1 Å². The van der Waals surface area contributed by atoms with E-state index >= 15 is 0 Å². The fourth-order valence-corrected chi connectivity index (χ4v) is 6.87. The number of anilines is 2. The fourth-order valence-electron chi connectivity index (χ4n) is 4.85. The molecule has 2 aromatic heterocycles. The standard InChI is InChI=1S/C27H32N6O4S/c1-18-17-37-15-14-33(18)24-16-23(27(10-11-27)38(35,36)22-8-12-28-13-9-22)31-25(32-24)19-2-4-20(5-3-19)29-26(34)30-21-6-7-21/h2-5,8-9,12-13,16,18,21,35-36H,6-7,10-11,14-15,17H2,1H3,(H2,29,30,34)/t18-/m0/s1. The molecular weight excluding hydrogens is 504 g/mol. The summed E-state index contributed by atoms with van der Waals surface area (Å²) in [5, 5.41) is 5.78. The number of carbonyl (C=O) groups excluding carboxylic acids is 1. The number of urea groups is 1. The van der Waals surface area contributed by atoms with Crippen molar-refractivity contribution in [1.82, 2.24) is 20.3 Å². The molecule has 1 aromatic carbocycles. The third kappa shape index (κ3) is 4.82. The van der Waals surface area contributed by atoms with Gasteiger partial charge in [0.05, 0.1) is 29.8 Å². The summed E-state index contributed by atoms with van der Waals surface area (Å²) < 4.78 is 27.8. The van der Waals surface area contributed by atoms with E-state index in [0.717, 1.165) is 24.2 Å². The number of hydrogen-bond acceptors (Lipinski definition) is 8. The van der Waals surface area contributed by atoms with Gasteiger partial charge in [0, 0.05) is 42.3 Å². The van der Waals surface area contributed by atoms with Crippen LogP contribution in [-0.4, -0.2) is 61.9 Å². The average Bonchev–Trinajstić information content (AvgIpc) is 3.85. The van der Waals surface area contributed by atoms with Gasteiger partial charge in [-0.2, -0.15) is 10.6 Å². The summed E-state index contributed by atoms with van der Waals surface area (Å²) >= 11 is 0. The zero-order valence-corrected chi connectivity index (χ0v) is 22.0. The Bertz CT molecular complexity index is 1310. The van der Waals surface area contributed by atoms with Gasteiger partial charge in [0.1, 0.15) is 10.6 Å². The maximum Gasteiger partial charge on any atom is 0.319 e. The van der Waals surface area contributed by atoms with Crippen molar-refractivity contribution in [2.75, 3.05) is 30.0 Å². The van der Waals surface area contributed by atoms with E-state index in [1.54, 1.807) is 24.5 Å². The molecule has 11 heteroatoms. The van der Waals surface area contributed by atoms with E-state index in [1.807, 2.05) is 30.3 Å². The number of benzene rings is 1. The van der Waals surface area contributed by atoms with Crippen LogP contribution in [0.2, 0.25) is 0 Å². The number of ether oxygens (including phenoxy) is 1. The van der Waals surface area contributed by atoms with Crippen molar-refractivity contribution >= 4 is 28.1 Å².